The van der Waals surface area contributed by atoms with Gasteiger partial charge in [-0.2, -0.15) is 0 Å². The highest BCUT2D eigenvalue weighted by molar-refractivity contribution is 7.26. The van der Waals surface area contributed by atoms with Crippen molar-refractivity contribution in [3.05, 3.63) is 180 Å². The summed E-state index contributed by atoms with van der Waals surface area (Å²) in [6.45, 7) is 0.463. The number of fused-ring (bicyclic) bond motifs is 10. The van der Waals surface area contributed by atoms with Crippen LogP contribution in [0.25, 0.3) is 84.2 Å². The lowest BCUT2D eigenvalue weighted by atomic mass is 9.97. The average Bonchev–Trinajstić information content (AvgIpc) is 3.93. The van der Waals surface area contributed by atoms with E-state index in [0.717, 1.165) is 44.2 Å². The maximum atomic E-state index is 7.08. The Morgan fingerprint density at radius 1 is 0.527 bits per heavy atom. The third-order valence-electron chi connectivity index (χ3n) is 10.6. The first-order valence-electron chi connectivity index (χ1n) is 18.3. The van der Waals surface area contributed by atoms with E-state index >= 15 is 0 Å². The number of hydrogen-bond acceptors (Lipinski definition) is 4. The van der Waals surface area contributed by atoms with Crippen LogP contribution in [0.2, 0.25) is 0 Å². The van der Waals surface area contributed by atoms with Gasteiger partial charge in [-0.15, -0.1) is 22.7 Å². The molecule has 0 radical (unpaired) electrons. The van der Waals surface area contributed by atoms with Crippen molar-refractivity contribution in [2.45, 2.75) is 6.54 Å². The van der Waals surface area contributed by atoms with E-state index in [4.69, 9.17) is 20.1 Å². The SMILES string of the molecule is NC(=NC(=NCc1ccc2ccccc2c1)c1ccc2sc3ccccc3c2c1)c1cccc2oc3ccc(-c4cccc5sc6ccccc6c45)cc3c12. The number of rotatable bonds is 5. The largest absolute Gasteiger partial charge is 0.456 e. The van der Waals surface area contributed by atoms with Gasteiger partial charge in [-0.3, -0.25) is 4.99 Å². The first-order valence-corrected chi connectivity index (χ1v) is 19.9. The minimum absolute atomic E-state index is 0.386. The zero-order valence-corrected chi connectivity index (χ0v) is 31.1. The Balaban J connectivity index is 1.07. The third kappa shape index (κ3) is 5.41. The predicted octanol–water partition coefficient (Wildman–Crippen LogP) is 13.5. The van der Waals surface area contributed by atoms with Crippen LogP contribution in [0.3, 0.4) is 0 Å². The van der Waals surface area contributed by atoms with Crippen LogP contribution in [0.5, 0.6) is 0 Å². The van der Waals surface area contributed by atoms with Crippen LogP contribution in [0.15, 0.2) is 178 Å². The summed E-state index contributed by atoms with van der Waals surface area (Å²) in [6.07, 6.45) is 0. The summed E-state index contributed by atoms with van der Waals surface area (Å²) in [5, 5.41) is 9.30. The Labute approximate surface area is 324 Å². The zero-order valence-electron chi connectivity index (χ0n) is 29.5. The monoisotopic (exact) mass is 741 g/mol. The molecule has 260 valence electrons. The summed E-state index contributed by atoms with van der Waals surface area (Å²) in [6, 6.07) is 57.7. The summed E-state index contributed by atoms with van der Waals surface area (Å²) >= 11 is 3.63. The molecule has 0 unspecified atom stereocenters. The van der Waals surface area contributed by atoms with E-state index in [0.29, 0.717) is 18.2 Å². The van der Waals surface area contributed by atoms with Crippen LogP contribution in [-0.4, -0.2) is 11.7 Å². The quantitative estimate of drug-likeness (QED) is 0.141. The highest BCUT2D eigenvalue weighted by Gasteiger charge is 2.18. The first kappa shape index (κ1) is 31.9. The van der Waals surface area contributed by atoms with Crippen LogP contribution in [0, 0.1) is 0 Å². The fraction of sp³-hybridized carbons (Fsp3) is 0.0204. The summed E-state index contributed by atoms with van der Waals surface area (Å²) in [5.41, 5.74) is 13.8. The van der Waals surface area contributed by atoms with Crippen molar-refractivity contribution < 1.29 is 4.42 Å². The zero-order chi connectivity index (χ0) is 36.5. The molecular weight excluding hydrogens is 711 g/mol. The fourth-order valence-electron chi connectivity index (χ4n) is 7.96. The van der Waals surface area contributed by atoms with E-state index in [2.05, 4.69) is 146 Å². The van der Waals surface area contributed by atoms with Crippen molar-refractivity contribution in [1.29, 1.82) is 0 Å². The molecule has 55 heavy (non-hydrogen) atoms. The van der Waals surface area contributed by atoms with Gasteiger partial charge in [-0.05, 0) is 88.1 Å². The fourth-order valence-corrected chi connectivity index (χ4v) is 10.2. The number of amidine groups is 2. The van der Waals surface area contributed by atoms with Gasteiger partial charge in [0.2, 0.25) is 0 Å². The molecule has 0 saturated carbocycles. The van der Waals surface area contributed by atoms with E-state index < -0.39 is 0 Å². The van der Waals surface area contributed by atoms with Gasteiger partial charge in [0.05, 0.1) is 6.54 Å². The minimum Gasteiger partial charge on any atom is -0.456 e. The molecule has 0 bridgehead atoms. The molecule has 0 aliphatic carbocycles. The molecule has 0 aliphatic heterocycles. The average molecular weight is 742 g/mol. The van der Waals surface area contributed by atoms with Gasteiger partial charge in [-0.25, -0.2) is 4.99 Å². The molecule has 0 fully saturated rings. The Kier molecular flexibility index (Phi) is 7.40. The molecule has 0 amide bonds. The van der Waals surface area contributed by atoms with Crippen molar-refractivity contribution in [3.8, 4) is 11.1 Å². The molecule has 3 aromatic heterocycles. The first-order chi connectivity index (χ1) is 27.1. The van der Waals surface area contributed by atoms with Crippen LogP contribution in [0.4, 0.5) is 0 Å². The van der Waals surface area contributed by atoms with E-state index in [1.54, 1.807) is 11.3 Å². The van der Waals surface area contributed by atoms with Crippen LogP contribution in [-0.2, 0) is 6.54 Å². The Hall–Kier alpha value is -6.60. The van der Waals surface area contributed by atoms with Crippen LogP contribution < -0.4 is 5.73 Å². The van der Waals surface area contributed by atoms with Gasteiger partial charge < -0.3 is 10.2 Å². The molecule has 0 atom stereocenters. The number of aliphatic imine (C=N–C) groups is 2. The molecule has 0 aliphatic rings. The lowest BCUT2D eigenvalue weighted by Crippen LogP contribution is -2.17. The van der Waals surface area contributed by atoms with Gasteiger partial charge in [0, 0.05) is 62.2 Å². The smallest absolute Gasteiger partial charge is 0.157 e. The molecule has 0 saturated heterocycles. The maximum absolute atomic E-state index is 7.08. The molecular formula is C49H31N3OS2. The van der Waals surface area contributed by atoms with Gasteiger partial charge in [0.1, 0.15) is 17.0 Å². The number of hydrogen-bond donors (Lipinski definition) is 1. The van der Waals surface area contributed by atoms with Crippen LogP contribution in [0.1, 0.15) is 16.7 Å². The summed E-state index contributed by atoms with van der Waals surface area (Å²) < 4.78 is 11.5. The molecule has 6 heteroatoms. The van der Waals surface area contributed by atoms with Crippen LogP contribution >= 0.6 is 22.7 Å². The number of nitrogens with zero attached hydrogens (tertiary/aromatic N) is 2. The van der Waals surface area contributed by atoms with E-state index in [-0.39, 0.29) is 0 Å². The molecule has 8 aromatic carbocycles. The van der Waals surface area contributed by atoms with E-state index in [1.165, 1.54) is 56.7 Å². The summed E-state index contributed by atoms with van der Waals surface area (Å²) in [5.74, 6) is 0.974. The Bertz CT molecular complexity index is 3380. The maximum Gasteiger partial charge on any atom is 0.157 e. The molecule has 2 N–H and O–H groups in total. The number of furan rings is 1. The topological polar surface area (TPSA) is 63.9 Å². The van der Waals surface area contributed by atoms with Gasteiger partial charge >= 0.3 is 0 Å². The molecule has 4 nitrogen and oxygen atoms in total. The molecule has 0 spiro atoms. The summed E-state index contributed by atoms with van der Waals surface area (Å²) in [7, 11) is 0. The van der Waals surface area contributed by atoms with Gasteiger partial charge in [0.25, 0.3) is 0 Å². The minimum atomic E-state index is 0.386. The van der Waals surface area contributed by atoms with Crippen molar-refractivity contribution in [1.82, 2.24) is 0 Å². The molecule has 11 aromatic rings. The number of nitrogens with two attached hydrogens (primary N) is 1. The number of thiophene rings is 2. The van der Waals surface area contributed by atoms with E-state index in [1.807, 2.05) is 29.5 Å². The Morgan fingerprint density at radius 2 is 1.27 bits per heavy atom. The van der Waals surface area contributed by atoms with Crippen molar-refractivity contribution in [2.75, 3.05) is 0 Å². The molecule has 3 heterocycles. The standard InChI is InChI=1S/C49H31N3OS2/c50-48(37-14-7-15-41-46(37)39-26-32(21-23-40(39)53-41)34-13-8-18-45-47(34)36-12-4-6-17-43(36)55-45)52-49(51-28-29-19-20-30-9-1-2-10-31(30)25-29)33-22-24-44-38(27-33)35-11-3-5-16-42(35)54-44/h1-27H,28H2,(H2,50,51,52). The lowest BCUT2D eigenvalue weighted by molar-refractivity contribution is 0.669. The van der Waals surface area contributed by atoms with Crippen molar-refractivity contribution >= 4 is 107 Å². The van der Waals surface area contributed by atoms with Gasteiger partial charge in [-0.1, -0.05) is 103 Å². The molecule has 11 rings (SSSR count). The van der Waals surface area contributed by atoms with Gasteiger partial charge in [0.15, 0.2) is 5.84 Å². The highest BCUT2D eigenvalue weighted by atomic mass is 32.1. The lowest BCUT2D eigenvalue weighted by Gasteiger charge is -2.08. The second-order valence-corrected chi connectivity index (χ2v) is 16.1. The normalized spacial score (nSPS) is 12.7. The predicted molar refractivity (Wildman–Crippen MR) is 236 cm³/mol. The number of benzene rings is 8. The second kappa shape index (κ2) is 12.8. The second-order valence-electron chi connectivity index (χ2n) is 13.9. The van der Waals surface area contributed by atoms with Crippen molar-refractivity contribution in [2.24, 2.45) is 15.7 Å². The Morgan fingerprint density at radius 3 is 2.18 bits per heavy atom. The van der Waals surface area contributed by atoms with Crippen molar-refractivity contribution in [3.63, 3.8) is 0 Å². The highest BCUT2D eigenvalue weighted by Crippen LogP contribution is 2.42. The summed E-state index contributed by atoms with van der Waals surface area (Å²) in [4.78, 5) is 10.3. The third-order valence-corrected chi connectivity index (χ3v) is 12.9. The van der Waals surface area contributed by atoms with E-state index in [9.17, 15) is 0 Å².